The minimum Gasteiger partial charge on any atom is -0.324 e. The van der Waals surface area contributed by atoms with E-state index in [4.69, 9.17) is 5.73 Å². The van der Waals surface area contributed by atoms with Gasteiger partial charge in [-0.3, -0.25) is 0 Å². The lowest BCUT2D eigenvalue weighted by atomic mass is 9.75. The minimum atomic E-state index is -3.16. The van der Waals surface area contributed by atoms with Crippen LogP contribution in [0.1, 0.15) is 50.6 Å². The minimum absolute atomic E-state index is 0.0500. The molecule has 112 valence electrons. The number of sulfone groups is 1. The molecular weight excluding hydrogens is 270 g/mol. The monoisotopic (exact) mass is 295 g/mol. The maximum Gasteiger partial charge on any atom is 0.175 e. The molecule has 1 aliphatic rings. The molecule has 0 aliphatic heterocycles. The van der Waals surface area contributed by atoms with Gasteiger partial charge < -0.3 is 5.73 Å². The second kappa shape index (κ2) is 6.27. The van der Waals surface area contributed by atoms with Crippen molar-refractivity contribution in [2.75, 3.05) is 6.26 Å². The van der Waals surface area contributed by atoms with Gasteiger partial charge in [0.2, 0.25) is 0 Å². The average molecular weight is 295 g/mol. The van der Waals surface area contributed by atoms with Crippen molar-refractivity contribution in [3.8, 4) is 0 Å². The zero-order chi connectivity index (χ0) is 14.8. The van der Waals surface area contributed by atoms with Crippen molar-refractivity contribution in [3.05, 3.63) is 29.8 Å². The second-order valence-corrected chi connectivity index (χ2v) is 8.09. The third-order valence-corrected chi connectivity index (χ3v) is 5.69. The summed E-state index contributed by atoms with van der Waals surface area (Å²) < 4.78 is 23.3. The fourth-order valence-electron chi connectivity index (χ4n) is 3.25. The van der Waals surface area contributed by atoms with Crippen LogP contribution in [0.15, 0.2) is 29.2 Å². The molecule has 0 bridgehead atoms. The van der Waals surface area contributed by atoms with Gasteiger partial charge in [-0.25, -0.2) is 8.42 Å². The summed E-state index contributed by atoms with van der Waals surface area (Å²) in [7, 11) is -3.16. The molecule has 1 saturated carbocycles. The van der Waals surface area contributed by atoms with Gasteiger partial charge in [-0.05, 0) is 42.4 Å². The number of hydrogen-bond acceptors (Lipinski definition) is 3. The molecule has 3 unspecified atom stereocenters. The van der Waals surface area contributed by atoms with E-state index in [1.165, 1.54) is 31.9 Å². The van der Waals surface area contributed by atoms with Crippen molar-refractivity contribution >= 4 is 9.84 Å². The van der Waals surface area contributed by atoms with Crippen LogP contribution in [-0.2, 0) is 9.84 Å². The summed E-state index contributed by atoms with van der Waals surface area (Å²) in [5, 5.41) is 0. The molecule has 4 heteroatoms. The van der Waals surface area contributed by atoms with Crippen molar-refractivity contribution in [1.82, 2.24) is 0 Å². The van der Waals surface area contributed by atoms with Gasteiger partial charge in [0.25, 0.3) is 0 Å². The smallest absolute Gasteiger partial charge is 0.175 e. The Hall–Kier alpha value is -0.870. The lowest BCUT2D eigenvalue weighted by molar-refractivity contribution is 0.230. The standard InChI is InChI=1S/C16H25NO2S/c1-3-12-6-4-7-13(10-12)16(17)14-8-5-9-15(11-14)20(2,18)19/h5,8-9,11-13,16H,3-4,6-7,10,17H2,1-2H3. The van der Waals surface area contributed by atoms with Gasteiger partial charge in [0, 0.05) is 12.3 Å². The zero-order valence-electron chi connectivity index (χ0n) is 12.4. The highest BCUT2D eigenvalue weighted by Gasteiger charge is 2.26. The van der Waals surface area contributed by atoms with E-state index >= 15 is 0 Å². The third-order valence-electron chi connectivity index (χ3n) is 4.58. The van der Waals surface area contributed by atoms with E-state index in [1.807, 2.05) is 6.07 Å². The SMILES string of the molecule is CCC1CCCC(C(N)c2cccc(S(C)(=O)=O)c2)C1. The van der Waals surface area contributed by atoms with Crippen LogP contribution < -0.4 is 5.73 Å². The quantitative estimate of drug-likeness (QED) is 0.927. The largest absolute Gasteiger partial charge is 0.324 e. The topological polar surface area (TPSA) is 60.2 Å². The first-order valence-corrected chi connectivity index (χ1v) is 9.36. The summed E-state index contributed by atoms with van der Waals surface area (Å²) in [4.78, 5) is 0.369. The number of hydrogen-bond donors (Lipinski definition) is 1. The molecule has 0 heterocycles. The summed E-state index contributed by atoms with van der Waals surface area (Å²) in [5.41, 5.74) is 7.36. The Kier molecular flexibility index (Phi) is 4.86. The molecule has 2 rings (SSSR count). The Morgan fingerprint density at radius 1 is 1.35 bits per heavy atom. The average Bonchev–Trinajstić information content (AvgIpc) is 2.46. The molecule has 1 aromatic carbocycles. The van der Waals surface area contributed by atoms with E-state index in [0.717, 1.165) is 17.9 Å². The van der Waals surface area contributed by atoms with Gasteiger partial charge in [-0.2, -0.15) is 0 Å². The molecule has 0 aromatic heterocycles. The van der Waals surface area contributed by atoms with Gasteiger partial charge in [0.05, 0.1) is 4.90 Å². The molecule has 2 N–H and O–H groups in total. The first-order valence-electron chi connectivity index (χ1n) is 7.47. The molecule has 3 atom stereocenters. The van der Waals surface area contributed by atoms with E-state index in [1.54, 1.807) is 18.2 Å². The van der Waals surface area contributed by atoms with Crippen molar-refractivity contribution in [3.63, 3.8) is 0 Å². The van der Waals surface area contributed by atoms with Crippen LogP contribution in [0, 0.1) is 11.8 Å². The fourth-order valence-corrected chi connectivity index (χ4v) is 3.93. The van der Waals surface area contributed by atoms with Crippen molar-refractivity contribution in [1.29, 1.82) is 0 Å². The second-order valence-electron chi connectivity index (χ2n) is 6.07. The first kappa shape index (κ1) is 15.5. The maximum atomic E-state index is 11.6. The molecule has 1 aromatic rings. The molecule has 20 heavy (non-hydrogen) atoms. The molecule has 0 saturated heterocycles. The van der Waals surface area contributed by atoms with Crippen molar-refractivity contribution in [2.45, 2.75) is 50.0 Å². The molecule has 1 fully saturated rings. The van der Waals surface area contributed by atoms with Gasteiger partial charge in [0.15, 0.2) is 9.84 Å². The molecule has 3 nitrogen and oxygen atoms in total. The summed E-state index contributed by atoms with van der Waals surface area (Å²) in [6.07, 6.45) is 7.32. The molecule has 0 radical (unpaired) electrons. The van der Waals surface area contributed by atoms with E-state index in [9.17, 15) is 8.42 Å². The predicted octanol–water partition coefficient (Wildman–Crippen LogP) is 3.31. The molecule has 0 amide bonds. The summed E-state index contributed by atoms with van der Waals surface area (Å²) in [5.74, 6) is 1.25. The lowest BCUT2D eigenvalue weighted by Gasteiger charge is -2.32. The Bertz CT molecular complexity index is 553. The first-order chi connectivity index (χ1) is 9.41. The number of nitrogens with two attached hydrogens (primary N) is 1. The zero-order valence-corrected chi connectivity index (χ0v) is 13.2. The van der Waals surface area contributed by atoms with E-state index < -0.39 is 9.84 Å². The van der Waals surface area contributed by atoms with Crippen LogP contribution in [-0.4, -0.2) is 14.7 Å². The Morgan fingerprint density at radius 3 is 2.75 bits per heavy atom. The van der Waals surface area contributed by atoms with Crippen LogP contribution in [0.25, 0.3) is 0 Å². The van der Waals surface area contributed by atoms with E-state index in [0.29, 0.717) is 10.8 Å². The normalized spacial score (nSPS) is 25.4. The summed E-state index contributed by atoms with van der Waals surface area (Å²) in [6, 6.07) is 7.09. The highest BCUT2D eigenvalue weighted by atomic mass is 32.2. The van der Waals surface area contributed by atoms with Gasteiger partial charge in [-0.1, -0.05) is 38.3 Å². The number of rotatable bonds is 4. The van der Waals surface area contributed by atoms with Gasteiger partial charge in [0.1, 0.15) is 0 Å². The highest BCUT2D eigenvalue weighted by molar-refractivity contribution is 7.90. The van der Waals surface area contributed by atoms with Gasteiger partial charge in [-0.15, -0.1) is 0 Å². The highest BCUT2D eigenvalue weighted by Crippen LogP contribution is 2.37. The fraction of sp³-hybridized carbons (Fsp3) is 0.625. The summed E-state index contributed by atoms with van der Waals surface area (Å²) >= 11 is 0. The maximum absolute atomic E-state index is 11.6. The molecule has 1 aliphatic carbocycles. The van der Waals surface area contributed by atoms with Crippen LogP contribution in [0.4, 0.5) is 0 Å². The Morgan fingerprint density at radius 2 is 2.10 bits per heavy atom. The van der Waals surface area contributed by atoms with Crippen LogP contribution in [0.5, 0.6) is 0 Å². The lowest BCUT2D eigenvalue weighted by Crippen LogP contribution is -2.27. The Labute approximate surface area is 122 Å². The Balaban J connectivity index is 2.18. The number of benzene rings is 1. The van der Waals surface area contributed by atoms with Crippen molar-refractivity contribution in [2.24, 2.45) is 17.6 Å². The molecule has 0 spiro atoms. The van der Waals surface area contributed by atoms with Crippen LogP contribution in [0.3, 0.4) is 0 Å². The van der Waals surface area contributed by atoms with Gasteiger partial charge >= 0.3 is 0 Å². The predicted molar refractivity (Wildman–Crippen MR) is 82.2 cm³/mol. The van der Waals surface area contributed by atoms with Crippen LogP contribution >= 0.6 is 0 Å². The van der Waals surface area contributed by atoms with E-state index in [-0.39, 0.29) is 6.04 Å². The molecular formula is C16H25NO2S. The third kappa shape index (κ3) is 3.61. The van der Waals surface area contributed by atoms with E-state index in [2.05, 4.69) is 6.92 Å². The summed E-state index contributed by atoms with van der Waals surface area (Å²) in [6.45, 7) is 2.24. The van der Waals surface area contributed by atoms with Crippen LogP contribution in [0.2, 0.25) is 0 Å². The van der Waals surface area contributed by atoms with Crippen molar-refractivity contribution < 1.29 is 8.42 Å².